The summed E-state index contributed by atoms with van der Waals surface area (Å²) in [6, 6.07) is 7.49. The lowest BCUT2D eigenvalue weighted by molar-refractivity contribution is -0.485. The number of unbranched alkanes of at least 4 members (excludes halogenated alkanes) is 2. The maximum absolute atomic E-state index is 12.1. The van der Waals surface area contributed by atoms with E-state index in [0.717, 1.165) is 18.9 Å². The van der Waals surface area contributed by atoms with Crippen molar-refractivity contribution in [3.05, 3.63) is 52.6 Å². The lowest BCUT2D eigenvalue weighted by Gasteiger charge is -2.07. The molecule has 1 aromatic rings. The van der Waals surface area contributed by atoms with Crippen molar-refractivity contribution in [1.29, 1.82) is 0 Å². The number of rotatable bonds is 7. The van der Waals surface area contributed by atoms with Crippen molar-refractivity contribution >= 4 is 9.84 Å². The topological polar surface area (TPSA) is 77.3 Å². The average molecular weight is 283 g/mol. The fraction of sp³-hybridized carbons (Fsp3) is 0.385. The predicted molar refractivity (Wildman–Crippen MR) is 73.1 cm³/mol. The highest BCUT2D eigenvalue weighted by molar-refractivity contribution is 7.92. The molecule has 0 bridgehead atoms. The van der Waals surface area contributed by atoms with Gasteiger partial charge in [-0.25, -0.2) is 8.42 Å². The maximum atomic E-state index is 12.1. The summed E-state index contributed by atoms with van der Waals surface area (Å²) in [4.78, 5) is 10.2. The lowest BCUT2D eigenvalue weighted by atomic mass is 10.2. The molecule has 1 atom stereocenters. The van der Waals surface area contributed by atoms with E-state index in [1.165, 1.54) is 12.1 Å². The molecule has 1 aromatic carbocycles. The number of sulfone groups is 1. The number of allylic oxidation sites excluding steroid dienone is 1. The average Bonchev–Trinajstić information content (AvgIpc) is 2.39. The van der Waals surface area contributed by atoms with Crippen LogP contribution in [0.3, 0.4) is 0 Å². The second kappa shape index (κ2) is 7.04. The molecule has 0 heterocycles. The Bertz CT molecular complexity index is 537. The van der Waals surface area contributed by atoms with Gasteiger partial charge in [-0.1, -0.05) is 44.0 Å². The van der Waals surface area contributed by atoms with Crippen molar-refractivity contribution in [2.45, 2.75) is 36.5 Å². The second-order valence-corrected chi connectivity index (χ2v) is 6.15. The van der Waals surface area contributed by atoms with Crippen LogP contribution in [-0.4, -0.2) is 18.7 Å². The highest BCUT2D eigenvalue weighted by Gasteiger charge is 2.34. The first-order valence-electron chi connectivity index (χ1n) is 6.09. The largest absolute Gasteiger partial charge is 0.332 e. The van der Waals surface area contributed by atoms with Gasteiger partial charge in [-0.05, 0) is 18.6 Å². The summed E-state index contributed by atoms with van der Waals surface area (Å²) in [5, 5.41) is 9.24. The van der Waals surface area contributed by atoms with E-state index in [0.29, 0.717) is 6.42 Å². The van der Waals surface area contributed by atoms with Crippen molar-refractivity contribution in [2.75, 3.05) is 0 Å². The van der Waals surface area contributed by atoms with Gasteiger partial charge in [0.2, 0.25) is 0 Å². The Labute approximate surface area is 113 Å². The minimum atomic E-state index is -3.97. The molecule has 0 saturated heterocycles. The summed E-state index contributed by atoms with van der Waals surface area (Å²) in [6.45, 7) is 2.00. The first kappa shape index (κ1) is 15.4. The molecule has 0 radical (unpaired) electrons. The van der Waals surface area contributed by atoms with Crippen LogP contribution in [0.1, 0.15) is 26.2 Å². The van der Waals surface area contributed by atoms with Crippen LogP contribution in [0.2, 0.25) is 0 Å². The fourth-order valence-corrected chi connectivity index (χ4v) is 2.93. The summed E-state index contributed by atoms with van der Waals surface area (Å²) in [7, 11) is -3.97. The van der Waals surface area contributed by atoms with E-state index in [4.69, 9.17) is 0 Å². The fourth-order valence-electron chi connectivity index (χ4n) is 1.57. The van der Waals surface area contributed by atoms with Gasteiger partial charge in [-0.15, -0.1) is 0 Å². The van der Waals surface area contributed by atoms with Gasteiger partial charge in [0.25, 0.3) is 9.84 Å². The monoisotopic (exact) mass is 283 g/mol. The predicted octanol–water partition coefficient (Wildman–Crippen LogP) is 2.81. The normalized spacial score (nSPS) is 13.5. The summed E-state index contributed by atoms with van der Waals surface area (Å²) < 4.78 is 24.3. The van der Waals surface area contributed by atoms with Gasteiger partial charge < -0.3 is 0 Å². The smallest absolute Gasteiger partial charge is 0.263 e. The maximum Gasteiger partial charge on any atom is 0.332 e. The zero-order chi connectivity index (χ0) is 14.3. The Balaban J connectivity index is 2.99. The molecule has 0 fully saturated rings. The number of nitro groups is 1. The van der Waals surface area contributed by atoms with Crippen LogP contribution in [-0.2, 0) is 9.84 Å². The number of nitrogens with zero attached hydrogens (tertiary/aromatic N) is 1. The van der Waals surface area contributed by atoms with Crippen LogP contribution in [0, 0.1) is 10.1 Å². The third-order valence-electron chi connectivity index (χ3n) is 2.62. The number of benzene rings is 1. The molecule has 0 aliphatic heterocycles. The molecule has 1 unspecified atom stereocenters. The van der Waals surface area contributed by atoms with Crippen LogP contribution in [0.25, 0.3) is 0 Å². The van der Waals surface area contributed by atoms with Crippen molar-refractivity contribution in [1.82, 2.24) is 0 Å². The first-order valence-corrected chi connectivity index (χ1v) is 7.64. The summed E-state index contributed by atoms with van der Waals surface area (Å²) in [5.74, 6) is 0. The Kier molecular flexibility index (Phi) is 5.69. The molecule has 0 aromatic heterocycles. The molecule has 0 saturated carbocycles. The molecule has 5 nitrogen and oxygen atoms in total. The molecule has 0 aliphatic rings. The van der Waals surface area contributed by atoms with Gasteiger partial charge in [-0.2, -0.15) is 0 Å². The SMILES string of the molecule is CCCC/C=C/C([N+](=O)[O-])S(=O)(=O)c1ccccc1. The zero-order valence-corrected chi connectivity index (χ0v) is 11.5. The first-order chi connectivity index (χ1) is 9.00. The van der Waals surface area contributed by atoms with Gasteiger partial charge in [0.15, 0.2) is 0 Å². The second-order valence-electron chi connectivity index (χ2n) is 4.10. The molecular weight excluding hydrogens is 266 g/mol. The molecule has 0 aliphatic carbocycles. The van der Waals surface area contributed by atoms with E-state index < -0.39 is 20.1 Å². The van der Waals surface area contributed by atoms with Gasteiger partial charge in [0.1, 0.15) is 0 Å². The zero-order valence-electron chi connectivity index (χ0n) is 10.7. The highest BCUT2D eigenvalue weighted by Crippen LogP contribution is 2.17. The minimum absolute atomic E-state index is 0.0307. The van der Waals surface area contributed by atoms with E-state index in [9.17, 15) is 18.5 Å². The minimum Gasteiger partial charge on any atom is -0.263 e. The van der Waals surface area contributed by atoms with Crippen LogP contribution < -0.4 is 0 Å². The van der Waals surface area contributed by atoms with Crippen LogP contribution in [0.15, 0.2) is 47.4 Å². The Morgan fingerprint density at radius 3 is 2.47 bits per heavy atom. The summed E-state index contributed by atoms with van der Waals surface area (Å²) in [5.41, 5.74) is 0. The highest BCUT2D eigenvalue weighted by atomic mass is 32.2. The number of hydrogen-bond donors (Lipinski definition) is 0. The van der Waals surface area contributed by atoms with E-state index in [1.54, 1.807) is 24.3 Å². The summed E-state index contributed by atoms with van der Waals surface area (Å²) in [6.07, 6.45) is 5.21. The Hall–Kier alpha value is -1.69. The van der Waals surface area contributed by atoms with Crippen LogP contribution in [0.4, 0.5) is 0 Å². The summed E-state index contributed by atoms with van der Waals surface area (Å²) >= 11 is 0. The molecule has 19 heavy (non-hydrogen) atoms. The van der Waals surface area contributed by atoms with E-state index in [2.05, 4.69) is 0 Å². The van der Waals surface area contributed by atoms with E-state index in [1.807, 2.05) is 6.92 Å². The van der Waals surface area contributed by atoms with Crippen LogP contribution >= 0.6 is 0 Å². The molecule has 1 rings (SSSR count). The third-order valence-corrected chi connectivity index (χ3v) is 4.52. The Morgan fingerprint density at radius 1 is 1.32 bits per heavy atom. The van der Waals surface area contributed by atoms with Crippen molar-refractivity contribution in [3.63, 3.8) is 0 Å². The van der Waals surface area contributed by atoms with Crippen LogP contribution in [0.5, 0.6) is 0 Å². The van der Waals surface area contributed by atoms with Gasteiger partial charge in [0.05, 0.1) is 4.90 Å². The third kappa shape index (κ3) is 4.17. The molecular formula is C13H17NO4S. The molecule has 0 spiro atoms. The Morgan fingerprint density at radius 2 is 1.95 bits per heavy atom. The quantitative estimate of drug-likeness (QED) is 0.333. The molecule has 0 amide bonds. The molecule has 0 N–H and O–H groups in total. The molecule has 6 heteroatoms. The van der Waals surface area contributed by atoms with Crippen molar-refractivity contribution in [3.8, 4) is 0 Å². The van der Waals surface area contributed by atoms with E-state index in [-0.39, 0.29) is 4.90 Å². The van der Waals surface area contributed by atoms with Gasteiger partial charge in [0, 0.05) is 11.0 Å². The lowest BCUT2D eigenvalue weighted by Crippen LogP contribution is -2.27. The van der Waals surface area contributed by atoms with Gasteiger partial charge >= 0.3 is 5.37 Å². The number of hydrogen-bond acceptors (Lipinski definition) is 4. The van der Waals surface area contributed by atoms with E-state index >= 15 is 0 Å². The molecule has 104 valence electrons. The van der Waals surface area contributed by atoms with Crippen molar-refractivity contribution < 1.29 is 13.3 Å². The van der Waals surface area contributed by atoms with Gasteiger partial charge in [-0.3, -0.25) is 10.1 Å². The standard InChI is InChI=1S/C13H17NO4S/c1-2-3-4-8-11-13(14(15)16)19(17,18)12-9-6-5-7-10-12/h5-11,13H,2-4H2,1H3/b11-8+. The van der Waals surface area contributed by atoms with Crippen molar-refractivity contribution in [2.24, 2.45) is 0 Å².